The number of benzene rings is 1. The summed E-state index contributed by atoms with van der Waals surface area (Å²) in [5.74, 6) is -0.109. The monoisotopic (exact) mass is 429 g/mol. The van der Waals surface area contributed by atoms with Crippen molar-refractivity contribution in [2.75, 3.05) is 0 Å². The molecule has 0 bridgehead atoms. The summed E-state index contributed by atoms with van der Waals surface area (Å²) in [5.41, 5.74) is 0.931. The first kappa shape index (κ1) is 22.1. The molecule has 1 aliphatic heterocycles. The van der Waals surface area contributed by atoms with E-state index in [2.05, 4.69) is 10.3 Å². The van der Waals surface area contributed by atoms with E-state index in [1.165, 1.54) is 0 Å². The van der Waals surface area contributed by atoms with Crippen LogP contribution in [0.3, 0.4) is 0 Å². The molecule has 0 radical (unpaired) electrons. The number of nitrogens with one attached hydrogen (secondary N) is 1. The van der Waals surface area contributed by atoms with Crippen LogP contribution >= 0.6 is 11.6 Å². The molecule has 0 saturated carbocycles. The number of aromatic nitrogens is 1. The minimum absolute atomic E-state index is 0.0816. The normalized spacial score (nSPS) is 19.2. The van der Waals surface area contributed by atoms with Crippen LogP contribution < -0.4 is 10.1 Å². The molecule has 2 unspecified atom stereocenters. The molecule has 160 valence electrons. The fourth-order valence-corrected chi connectivity index (χ4v) is 3.67. The number of carbonyl (C=O) groups is 2. The van der Waals surface area contributed by atoms with E-state index in [-0.39, 0.29) is 24.3 Å². The smallest absolute Gasteiger partial charge is 0.265 e. The molecule has 2 atom stereocenters. The number of amides is 2. The van der Waals surface area contributed by atoms with Crippen LogP contribution in [0.2, 0.25) is 5.02 Å². The van der Waals surface area contributed by atoms with Crippen LogP contribution in [-0.4, -0.2) is 33.3 Å². The molecule has 30 heavy (non-hydrogen) atoms. The largest absolute Gasteiger partial charge is 0.480 e. The van der Waals surface area contributed by atoms with Crippen LogP contribution in [0.25, 0.3) is 0 Å². The van der Waals surface area contributed by atoms with Gasteiger partial charge in [0.05, 0.1) is 0 Å². The Balaban J connectivity index is 2.16. The number of fused-ring (bicyclic) bond motifs is 1. The molecule has 1 aromatic carbocycles. The van der Waals surface area contributed by atoms with E-state index in [0.29, 0.717) is 16.3 Å². The molecule has 1 N–H and O–H groups in total. The standard InChI is InChI=1S/C23H28ClN3O3/c1-14(2)20-22(29)27(13-15-7-6-10-25-12-15)19(21(28)26-23(3,4)5)17-11-16(24)8-9-18(17)30-20/h6-12,14,19-20H,13H2,1-5H3,(H,26,28). The number of ether oxygens (including phenoxy) is 1. The fraction of sp³-hybridized carbons (Fsp3) is 0.435. The SMILES string of the molecule is CC(C)C1Oc2ccc(Cl)cc2C(C(=O)NC(C)(C)C)N(Cc2cccnc2)C1=O. The molecule has 2 aromatic rings. The van der Waals surface area contributed by atoms with Gasteiger partial charge < -0.3 is 15.0 Å². The van der Waals surface area contributed by atoms with Gasteiger partial charge in [-0.25, -0.2) is 0 Å². The van der Waals surface area contributed by atoms with Crippen LogP contribution in [0.15, 0.2) is 42.7 Å². The topological polar surface area (TPSA) is 71.5 Å². The third kappa shape index (κ3) is 4.93. The maximum absolute atomic E-state index is 13.6. The third-order valence-electron chi connectivity index (χ3n) is 4.79. The molecule has 0 spiro atoms. The Bertz CT molecular complexity index is 925. The zero-order valence-corrected chi connectivity index (χ0v) is 18.7. The quantitative estimate of drug-likeness (QED) is 0.792. The van der Waals surface area contributed by atoms with E-state index >= 15 is 0 Å². The summed E-state index contributed by atoms with van der Waals surface area (Å²) in [6.45, 7) is 9.79. The first-order chi connectivity index (χ1) is 14.1. The number of rotatable bonds is 4. The minimum Gasteiger partial charge on any atom is -0.480 e. The van der Waals surface area contributed by atoms with Crippen molar-refractivity contribution in [1.82, 2.24) is 15.2 Å². The number of halogens is 1. The van der Waals surface area contributed by atoms with Crippen molar-refractivity contribution in [3.63, 3.8) is 0 Å². The summed E-state index contributed by atoms with van der Waals surface area (Å²) in [4.78, 5) is 32.8. The molecule has 1 aliphatic rings. The number of pyridine rings is 1. The number of carbonyl (C=O) groups excluding carboxylic acids is 2. The van der Waals surface area contributed by atoms with Gasteiger partial charge >= 0.3 is 0 Å². The van der Waals surface area contributed by atoms with Gasteiger partial charge in [0.1, 0.15) is 11.8 Å². The van der Waals surface area contributed by atoms with Gasteiger partial charge in [0, 0.05) is 35.1 Å². The second-order valence-electron chi connectivity index (χ2n) is 8.93. The minimum atomic E-state index is -0.880. The van der Waals surface area contributed by atoms with E-state index < -0.39 is 17.7 Å². The highest BCUT2D eigenvalue weighted by atomic mass is 35.5. The van der Waals surface area contributed by atoms with Gasteiger partial charge in [-0.15, -0.1) is 0 Å². The Hall–Kier alpha value is -2.60. The first-order valence-corrected chi connectivity index (χ1v) is 10.4. The maximum Gasteiger partial charge on any atom is 0.265 e. The summed E-state index contributed by atoms with van der Waals surface area (Å²) in [6, 6.07) is 7.95. The van der Waals surface area contributed by atoms with Crippen molar-refractivity contribution in [2.24, 2.45) is 5.92 Å². The molecule has 7 heteroatoms. The van der Waals surface area contributed by atoms with Gasteiger partial charge in [-0.3, -0.25) is 14.6 Å². The lowest BCUT2D eigenvalue weighted by molar-refractivity contribution is -0.147. The average Bonchev–Trinajstić information content (AvgIpc) is 2.76. The van der Waals surface area contributed by atoms with Crippen molar-refractivity contribution < 1.29 is 14.3 Å². The van der Waals surface area contributed by atoms with E-state index in [1.807, 2.05) is 46.8 Å². The van der Waals surface area contributed by atoms with Gasteiger partial charge in [-0.05, 0) is 56.5 Å². The van der Waals surface area contributed by atoms with Crippen molar-refractivity contribution in [1.29, 1.82) is 0 Å². The lowest BCUT2D eigenvalue weighted by Crippen LogP contribution is -2.51. The highest BCUT2D eigenvalue weighted by molar-refractivity contribution is 6.30. The molecule has 0 aliphatic carbocycles. The van der Waals surface area contributed by atoms with Gasteiger partial charge in [-0.2, -0.15) is 0 Å². The second kappa shape index (κ2) is 8.64. The Morgan fingerprint density at radius 2 is 2.03 bits per heavy atom. The van der Waals surface area contributed by atoms with E-state index in [4.69, 9.17) is 16.3 Å². The van der Waals surface area contributed by atoms with Crippen LogP contribution in [-0.2, 0) is 16.1 Å². The first-order valence-electron chi connectivity index (χ1n) is 10.0. The molecule has 2 heterocycles. The summed E-state index contributed by atoms with van der Waals surface area (Å²) in [6.07, 6.45) is 2.65. The molecule has 0 saturated heterocycles. The molecule has 3 rings (SSSR count). The summed E-state index contributed by atoms with van der Waals surface area (Å²) in [5, 5.41) is 3.48. The molecule has 2 amide bonds. The highest BCUT2D eigenvalue weighted by Gasteiger charge is 2.42. The molecular weight excluding hydrogens is 402 g/mol. The van der Waals surface area contributed by atoms with Gasteiger partial charge in [-0.1, -0.05) is 31.5 Å². The Kier molecular flexibility index (Phi) is 6.36. The van der Waals surface area contributed by atoms with Gasteiger partial charge in [0.25, 0.3) is 5.91 Å². The lowest BCUT2D eigenvalue weighted by atomic mass is 9.99. The van der Waals surface area contributed by atoms with Crippen LogP contribution in [0, 0.1) is 5.92 Å². The molecular formula is C23H28ClN3O3. The summed E-state index contributed by atoms with van der Waals surface area (Å²) in [7, 11) is 0. The zero-order valence-electron chi connectivity index (χ0n) is 18.0. The summed E-state index contributed by atoms with van der Waals surface area (Å²) < 4.78 is 6.12. The third-order valence-corrected chi connectivity index (χ3v) is 5.02. The fourth-order valence-electron chi connectivity index (χ4n) is 3.49. The van der Waals surface area contributed by atoms with Crippen molar-refractivity contribution in [2.45, 2.75) is 58.8 Å². The second-order valence-corrected chi connectivity index (χ2v) is 9.37. The number of hydrogen-bond acceptors (Lipinski definition) is 4. The van der Waals surface area contributed by atoms with E-state index in [0.717, 1.165) is 5.56 Å². The Labute approximate surface area is 182 Å². The predicted octanol–water partition coefficient (Wildman–Crippen LogP) is 4.14. The van der Waals surface area contributed by atoms with Crippen molar-refractivity contribution >= 4 is 23.4 Å². The highest BCUT2D eigenvalue weighted by Crippen LogP contribution is 2.38. The van der Waals surface area contributed by atoms with Gasteiger partial charge in [0.2, 0.25) is 5.91 Å². The Morgan fingerprint density at radius 1 is 1.30 bits per heavy atom. The lowest BCUT2D eigenvalue weighted by Gasteiger charge is -2.33. The van der Waals surface area contributed by atoms with E-state index in [1.54, 1.807) is 35.5 Å². The molecule has 1 aromatic heterocycles. The molecule has 0 fully saturated rings. The zero-order chi connectivity index (χ0) is 22.1. The molecule has 6 nitrogen and oxygen atoms in total. The average molecular weight is 430 g/mol. The van der Waals surface area contributed by atoms with Crippen LogP contribution in [0.5, 0.6) is 5.75 Å². The van der Waals surface area contributed by atoms with Crippen LogP contribution in [0.4, 0.5) is 0 Å². The van der Waals surface area contributed by atoms with E-state index in [9.17, 15) is 9.59 Å². The number of hydrogen-bond donors (Lipinski definition) is 1. The predicted molar refractivity (Wildman–Crippen MR) is 116 cm³/mol. The van der Waals surface area contributed by atoms with Crippen molar-refractivity contribution in [3.8, 4) is 5.75 Å². The van der Waals surface area contributed by atoms with Crippen LogP contribution in [0.1, 0.15) is 51.8 Å². The maximum atomic E-state index is 13.6. The van der Waals surface area contributed by atoms with Crippen molar-refractivity contribution in [3.05, 3.63) is 58.9 Å². The van der Waals surface area contributed by atoms with Gasteiger partial charge in [0.15, 0.2) is 6.10 Å². The number of nitrogens with zero attached hydrogens (tertiary/aromatic N) is 2. The summed E-state index contributed by atoms with van der Waals surface area (Å²) >= 11 is 6.28. The Morgan fingerprint density at radius 3 is 2.63 bits per heavy atom.